The number of hydroxylamine groups is 2. The minimum Gasteiger partial charge on any atom is -0.405 e. The van der Waals surface area contributed by atoms with Crippen molar-refractivity contribution in [3.05, 3.63) is 102 Å². The van der Waals surface area contributed by atoms with Gasteiger partial charge in [0.25, 0.3) is 0 Å². The van der Waals surface area contributed by atoms with E-state index in [-0.39, 0.29) is 0 Å². The third-order valence-electron chi connectivity index (χ3n) is 3.68. The van der Waals surface area contributed by atoms with E-state index >= 15 is 0 Å². The molecular weight excluding hydrogens is 298 g/mol. The topological polar surface area (TPSA) is 29.5 Å². The number of hydrogen-bond acceptors (Lipinski definition) is 3. The maximum Gasteiger partial charge on any atom is 0.158 e. The van der Waals surface area contributed by atoms with Gasteiger partial charge in [-0.2, -0.15) is 0 Å². The molecule has 0 heterocycles. The predicted molar refractivity (Wildman–Crippen MR) is 94.6 cm³/mol. The van der Waals surface area contributed by atoms with Gasteiger partial charge in [-0.25, -0.2) is 0 Å². The SMILES string of the molecule is O=Cc1ccccc1ON(Cc1ccccc1)Cc1ccccc1. The number of carbonyl (C=O) groups is 1. The maximum absolute atomic E-state index is 11.2. The first-order valence-electron chi connectivity index (χ1n) is 7.90. The van der Waals surface area contributed by atoms with E-state index in [1.165, 1.54) is 0 Å². The Labute approximate surface area is 142 Å². The van der Waals surface area contributed by atoms with Crippen LogP contribution in [0.1, 0.15) is 21.5 Å². The normalized spacial score (nSPS) is 10.5. The van der Waals surface area contributed by atoms with E-state index in [1.807, 2.05) is 59.7 Å². The fourth-order valence-corrected chi connectivity index (χ4v) is 2.49. The van der Waals surface area contributed by atoms with Gasteiger partial charge in [0.05, 0.1) is 18.7 Å². The van der Waals surface area contributed by atoms with E-state index in [0.29, 0.717) is 24.4 Å². The number of para-hydroxylation sites is 1. The number of hydrogen-bond donors (Lipinski definition) is 0. The molecule has 0 N–H and O–H groups in total. The molecule has 24 heavy (non-hydrogen) atoms. The van der Waals surface area contributed by atoms with E-state index in [9.17, 15) is 4.79 Å². The molecule has 0 aliphatic heterocycles. The maximum atomic E-state index is 11.2. The van der Waals surface area contributed by atoms with Crippen molar-refractivity contribution in [3.8, 4) is 5.75 Å². The van der Waals surface area contributed by atoms with Gasteiger partial charge in [-0.1, -0.05) is 72.8 Å². The second-order valence-electron chi connectivity index (χ2n) is 5.52. The first kappa shape index (κ1) is 16.0. The van der Waals surface area contributed by atoms with Gasteiger partial charge in [-0.15, -0.1) is 5.06 Å². The molecule has 3 heteroatoms. The molecule has 0 saturated carbocycles. The second-order valence-corrected chi connectivity index (χ2v) is 5.52. The summed E-state index contributed by atoms with van der Waals surface area (Å²) in [6.45, 7) is 1.26. The number of rotatable bonds is 7. The van der Waals surface area contributed by atoms with Crippen LogP contribution in [0, 0.1) is 0 Å². The molecular formula is C21H19NO2. The van der Waals surface area contributed by atoms with Crippen LogP contribution >= 0.6 is 0 Å². The van der Waals surface area contributed by atoms with Crippen LogP contribution in [0.5, 0.6) is 5.75 Å². The Hall–Kier alpha value is -2.91. The first-order chi connectivity index (χ1) is 11.8. The highest BCUT2D eigenvalue weighted by Crippen LogP contribution is 2.20. The van der Waals surface area contributed by atoms with Crippen molar-refractivity contribution in [2.24, 2.45) is 0 Å². The summed E-state index contributed by atoms with van der Waals surface area (Å²) in [7, 11) is 0. The van der Waals surface area contributed by atoms with Crippen LogP contribution in [0.15, 0.2) is 84.9 Å². The monoisotopic (exact) mass is 317 g/mol. The molecule has 0 aromatic heterocycles. The largest absolute Gasteiger partial charge is 0.405 e. The van der Waals surface area contributed by atoms with E-state index < -0.39 is 0 Å². The van der Waals surface area contributed by atoms with E-state index in [0.717, 1.165) is 17.4 Å². The molecule has 3 nitrogen and oxygen atoms in total. The summed E-state index contributed by atoms with van der Waals surface area (Å²) in [6, 6.07) is 27.5. The predicted octanol–water partition coefficient (Wildman–Crippen LogP) is 4.50. The lowest BCUT2D eigenvalue weighted by molar-refractivity contribution is -0.0760. The van der Waals surface area contributed by atoms with Gasteiger partial charge in [0, 0.05) is 0 Å². The van der Waals surface area contributed by atoms with Crippen LogP contribution < -0.4 is 4.84 Å². The Kier molecular flexibility index (Phi) is 5.38. The zero-order chi connectivity index (χ0) is 16.6. The molecule has 3 rings (SSSR count). The molecule has 0 aliphatic carbocycles. The molecule has 0 aliphatic rings. The molecule has 0 saturated heterocycles. The zero-order valence-corrected chi connectivity index (χ0v) is 13.3. The number of benzene rings is 3. The van der Waals surface area contributed by atoms with Crippen molar-refractivity contribution in [1.82, 2.24) is 5.06 Å². The summed E-state index contributed by atoms with van der Waals surface area (Å²) in [5, 5.41) is 1.87. The Morgan fingerprint density at radius 1 is 0.708 bits per heavy atom. The van der Waals surface area contributed by atoms with Crippen LogP contribution in [-0.4, -0.2) is 11.3 Å². The standard InChI is InChI=1S/C21H19NO2/c23-17-20-13-7-8-14-21(20)24-22(15-18-9-3-1-4-10-18)16-19-11-5-2-6-12-19/h1-14,17H,15-16H2. The molecule has 0 spiro atoms. The highest BCUT2D eigenvalue weighted by atomic mass is 16.7. The Morgan fingerprint density at radius 3 is 1.75 bits per heavy atom. The van der Waals surface area contributed by atoms with Crippen molar-refractivity contribution in [3.63, 3.8) is 0 Å². The fraction of sp³-hybridized carbons (Fsp3) is 0.0952. The quantitative estimate of drug-likeness (QED) is 0.475. The summed E-state index contributed by atoms with van der Waals surface area (Å²) >= 11 is 0. The first-order valence-corrected chi connectivity index (χ1v) is 7.90. The minimum atomic E-state index is 0.545. The van der Waals surface area contributed by atoms with Gasteiger partial charge in [0.15, 0.2) is 12.0 Å². The lowest BCUT2D eigenvalue weighted by atomic mass is 10.2. The molecule has 3 aromatic carbocycles. The average Bonchev–Trinajstić information content (AvgIpc) is 2.64. The van der Waals surface area contributed by atoms with Crippen LogP contribution in [0.3, 0.4) is 0 Å². The summed E-state index contributed by atoms with van der Waals surface area (Å²) in [4.78, 5) is 17.3. The van der Waals surface area contributed by atoms with Crippen molar-refractivity contribution in [1.29, 1.82) is 0 Å². The zero-order valence-electron chi connectivity index (χ0n) is 13.3. The van der Waals surface area contributed by atoms with Gasteiger partial charge in [0.1, 0.15) is 0 Å². The van der Waals surface area contributed by atoms with Crippen molar-refractivity contribution >= 4 is 6.29 Å². The molecule has 0 amide bonds. The third-order valence-corrected chi connectivity index (χ3v) is 3.68. The van der Waals surface area contributed by atoms with Crippen molar-refractivity contribution in [2.75, 3.05) is 0 Å². The lowest BCUT2D eigenvalue weighted by Gasteiger charge is -2.23. The molecule has 120 valence electrons. The highest BCUT2D eigenvalue weighted by molar-refractivity contribution is 5.79. The molecule has 0 fully saturated rings. The number of aldehydes is 1. The van der Waals surface area contributed by atoms with Gasteiger partial charge in [-0.05, 0) is 23.3 Å². The van der Waals surface area contributed by atoms with Gasteiger partial charge in [-0.3, -0.25) is 4.79 Å². The average molecular weight is 317 g/mol. The molecule has 0 unspecified atom stereocenters. The summed E-state index contributed by atoms with van der Waals surface area (Å²) < 4.78 is 0. The molecule has 0 atom stereocenters. The van der Waals surface area contributed by atoms with Crippen LogP contribution in [0.2, 0.25) is 0 Å². The Bertz CT molecular complexity index is 731. The lowest BCUT2D eigenvalue weighted by Crippen LogP contribution is -2.27. The van der Waals surface area contributed by atoms with Gasteiger partial charge >= 0.3 is 0 Å². The van der Waals surface area contributed by atoms with E-state index in [2.05, 4.69) is 24.3 Å². The minimum absolute atomic E-state index is 0.545. The Morgan fingerprint density at radius 2 is 1.21 bits per heavy atom. The second kappa shape index (κ2) is 8.09. The summed E-state index contributed by atoms with van der Waals surface area (Å²) in [6.07, 6.45) is 0.818. The number of carbonyl (C=O) groups excluding carboxylic acids is 1. The summed E-state index contributed by atoms with van der Waals surface area (Å²) in [5.74, 6) is 0.569. The summed E-state index contributed by atoms with van der Waals surface area (Å²) in [5.41, 5.74) is 2.85. The van der Waals surface area contributed by atoms with Gasteiger partial charge < -0.3 is 4.84 Å². The van der Waals surface area contributed by atoms with Crippen molar-refractivity contribution < 1.29 is 9.63 Å². The molecule has 0 bridgehead atoms. The third kappa shape index (κ3) is 4.31. The van der Waals surface area contributed by atoms with E-state index in [4.69, 9.17) is 4.84 Å². The van der Waals surface area contributed by atoms with Crippen molar-refractivity contribution in [2.45, 2.75) is 13.1 Å². The van der Waals surface area contributed by atoms with Crippen LogP contribution in [0.4, 0.5) is 0 Å². The van der Waals surface area contributed by atoms with Gasteiger partial charge in [0.2, 0.25) is 0 Å². The Balaban J connectivity index is 1.82. The van der Waals surface area contributed by atoms with Crippen LogP contribution in [0.25, 0.3) is 0 Å². The number of nitrogens with zero attached hydrogens (tertiary/aromatic N) is 1. The smallest absolute Gasteiger partial charge is 0.158 e. The molecule has 3 aromatic rings. The van der Waals surface area contributed by atoms with Crippen LogP contribution in [-0.2, 0) is 13.1 Å². The fourth-order valence-electron chi connectivity index (χ4n) is 2.49. The highest BCUT2D eigenvalue weighted by Gasteiger charge is 2.12. The van der Waals surface area contributed by atoms with E-state index in [1.54, 1.807) is 6.07 Å². The molecule has 0 radical (unpaired) electrons.